The molecule has 0 saturated carbocycles. The van der Waals surface area contributed by atoms with Gasteiger partial charge in [0.05, 0.1) is 23.5 Å². The lowest BCUT2D eigenvalue weighted by molar-refractivity contribution is 0.0569. The van der Waals surface area contributed by atoms with Gasteiger partial charge in [0.2, 0.25) is 0 Å². The molecule has 3 aromatic rings. The van der Waals surface area contributed by atoms with Crippen LogP contribution in [0.1, 0.15) is 48.1 Å². The van der Waals surface area contributed by atoms with E-state index in [0.717, 1.165) is 23.4 Å². The Hall–Kier alpha value is -3.32. The van der Waals surface area contributed by atoms with Crippen molar-refractivity contribution in [3.63, 3.8) is 0 Å². The Morgan fingerprint density at radius 2 is 1.82 bits per heavy atom. The van der Waals surface area contributed by atoms with Crippen LogP contribution in [0.25, 0.3) is 5.69 Å². The molecule has 2 atom stereocenters. The molecule has 3 heterocycles. The zero-order chi connectivity index (χ0) is 24.0. The number of aryl methyl sites for hydroxylation is 1. The van der Waals surface area contributed by atoms with Crippen molar-refractivity contribution in [3.8, 4) is 5.69 Å². The standard InChI is InChI=1S/C26H28ClN5O2/c1-16(2)23-22-17(3)29-32(20-7-5-4-6-8-20)24(22)25(33)31(23)21-13-14-30(15-21)26(34)28-19-11-9-18(27)10-12-19/h4-12,16,21,23H,13-15H2,1-3H3,(H,28,34). The van der Waals surface area contributed by atoms with Crippen LogP contribution in [0.4, 0.5) is 10.5 Å². The van der Waals surface area contributed by atoms with E-state index in [9.17, 15) is 9.59 Å². The second kappa shape index (κ2) is 8.80. The summed E-state index contributed by atoms with van der Waals surface area (Å²) < 4.78 is 1.78. The van der Waals surface area contributed by atoms with Gasteiger partial charge < -0.3 is 15.1 Å². The van der Waals surface area contributed by atoms with Gasteiger partial charge in [0, 0.05) is 29.4 Å². The van der Waals surface area contributed by atoms with Crippen molar-refractivity contribution >= 4 is 29.2 Å². The van der Waals surface area contributed by atoms with Gasteiger partial charge >= 0.3 is 6.03 Å². The molecule has 0 bridgehead atoms. The summed E-state index contributed by atoms with van der Waals surface area (Å²) >= 11 is 5.94. The van der Waals surface area contributed by atoms with Gasteiger partial charge in [-0.1, -0.05) is 43.6 Å². The lowest BCUT2D eigenvalue weighted by Crippen LogP contribution is -2.43. The summed E-state index contributed by atoms with van der Waals surface area (Å²) in [4.78, 5) is 30.5. The van der Waals surface area contributed by atoms with Crippen LogP contribution in [0.3, 0.4) is 0 Å². The Morgan fingerprint density at radius 3 is 2.50 bits per heavy atom. The minimum atomic E-state index is -0.165. The number of carbonyl (C=O) groups is 2. The highest BCUT2D eigenvalue weighted by Gasteiger charge is 2.48. The van der Waals surface area contributed by atoms with Crippen LogP contribution in [-0.2, 0) is 0 Å². The minimum absolute atomic E-state index is 0.0110. The highest BCUT2D eigenvalue weighted by molar-refractivity contribution is 6.30. The molecule has 34 heavy (non-hydrogen) atoms. The number of likely N-dealkylation sites (tertiary alicyclic amines) is 1. The minimum Gasteiger partial charge on any atom is -0.325 e. The zero-order valence-corrected chi connectivity index (χ0v) is 20.3. The fourth-order valence-electron chi connectivity index (χ4n) is 5.18. The van der Waals surface area contributed by atoms with E-state index in [1.807, 2.05) is 42.2 Å². The van der Waals surface area contributed by atoms with Crippen molar-refractivity contribution in [1.29, 1.82) is 0 Å². The molecule has 5 rings (SSSR count). The lowest BCUT2D eigenvalue weighted by Gasteiger charge is -2.33. The fraction of sp³-hybridized carbons (Fsp3) is 0.346. The second-order valence-corrected chi connectivity index (χ2v) is 9.76. The maximum absolute atomic E-state index is 13.8. The summed E-state index contributed by atoms with van der Waals surface area (Å²) in [7, 11) is 0. The molecule has 1 aromatic heterocycles. The summed E-state index contributed by atoms with van der Waals surface area (Å²) in [6, 6.07) is 16.5. The van der Waals surface area contributed by atoms with Gasteiger partial charge in [-0.05, 0) is 55.7 Å². The van der Waals surface area contributed by atoms with Gasteiger partial charge in [-0.25, -0.2) is 9.48 Å². The Morgan fingerprint density at radius 1 is 1.12 bits per heavy atom. The van der Waals surface area contributed by atoms with E-state index in [2.05, 4.69) is 19.2 Å². The molecule has 2 unspecified atom stereocenters. The van der Waals surface area contributed by atoms with Crippen molar-refractivity contribution < 1.29 is 9.59 Å². The first-order chi connectivity index (χ1) is 16.3. The van der Waals surface area contributed by atoms with E-state index in [4.69, 9.17) is 16.7 Å². The lowest BCUT2D eigenvalue weighted by atomic mass is 9.95. The molecule has 2 aliphatic heterocycles. The number of fused-ring (bicyclic) bond motifs is 1. The molecular formula is C26H28ClN5O2. The van der Waals surface area contributed by atoms with Gasteiger partial charge in [-0.15, -0.1) is 0 Å². The molecular weight excluding hydrogens is 450 g/mol. The van der Waals surface area contributed by atoms with Crippen LogP contribution in [0.5, 0.6) is 0 Å². The normalized spacial score (nSPS) is 19.7. The van der Waals surface area contributed by atoms with Crippen LogP contribution in [0.2, 0.25) is 5.02 Å². The number of rotatable bonds is 4. The molecule has 2 aliphatic rings. The first-order valence-electron chi connectivity index (χ1n) is 11.6. The maximum Gasteiger partial charge on any atom is 0.321 e. The van der Waals surface area contributed by atoms with E-state index >= 15 is 0 Å². The first kappa shape index (κ1) is 22.5. The van der Waals surface area contributed by atoms with Gasteiger partial charge in [0.25, 0.3) is 5.91 Å². The number of amides is 3. The Bertz CT molecular complexity index is 1220. The van der Waals surface area contributed by atoms with E-state index in [1.54, 1.807) is 33.8 Å². The average Bonchev–Trinajstić information content (AvgIpc) is 3.51. The number of urea groups is 1. The predicted molar refractivity (Wildman–Crippen MR) is 132 cm³/mol. The number of halogens is 1. The number of para-hydroxylation sites is 1. The molecule has 176 valence electrons. The molecule has 3 amide bonds. The number of hydrogen-bond donors (Lipinski definition) is 1. The molecule has 0 radical (unpaired) electrons. The third kappa shape index (κ3) is 3.84. The smallest absolute Gasteiger partial charge is 0.321 e. The second-order valence-electron chi connectivity index (χ2n) is 9.32. The summed E-state index contributed by atoms with van der Waals surface area (Å²) in [6.45, 7) is 7.35. The molecule has 7 nitrogen and oxygen atoms in total. The van der Waals surface area contributed by atoms with E-state index < -0.39 is 0 Å². The molecule has 1 fully saturated rings. The van der Waals surface area contributed by atoms with E-state index in [-0.39, 0.29) is 29.9 Å². The molecule has 0 spiro atoms. The van der Waals surface area contributed by atoms with Crippen LogP contribution in [0.15, 0.2) is 54.6 Å². The van der Waals surface area contributed by atoms with Crippen LogP contribution in [-0.4, -0.2) is 50.6 Å². The van der Waals surface area contributed by atoms with Crippen molar-refractivity contribution in [2.45, 2.75) is 39.3 Å². The van der Waals surface area contributed by atoms with Gasteiger partial charge in [0.15, 0.2) is 0 Å². The van der Waals surface area contributed by atoms with Gasteiger partial charge in [-0.3, -0.25) is 4.79 Å². The molecule has 8 heteroatoms. The largest absolute Gasteiger partial charge is 0.325 e. The van der Waals surface area contributed by atoms with Crippen molar-refractivity contribution in [2.75, 3.05) is 18.4 Å². The van der Waals surface area contributed by atoms with Crippen LogP contribution >= 0.6 is 11.6 Å². The van der Waals surface area contributed by atoms with Gasteiger partial charge in [-0.2, -0.15) is 5.10 Å². The summed E-state index contributed by atoms with van der Waals surface area (Å²) in [6.07, 6.45) is 0.741. The quantitative estimate of drug-likeness (QED) is 0.554. The summed E-state index contributed by atoms with van der Waals surface area (Å²) in [5.74, 6) is 0.206. The number of nitrogens with zero attached hydrogens (tertiary/aromatic N) is 4. The molecule has 0 aliphatic carbocycles. The molecule has 1 N–H and O–H groups in total. The number of benzene rings is 2. The Balaban J connectivity index is 1.40. The summed E-state index contributed by atoms with van der Waals surface area (Å²) in [5, 5.41) is 8.28. The highest BCUT2D eigenvalue weighted by atomic mass is 35.5. The average molecular weight is 478 g/mol. The van der Waals surface area contributed by atoms with Crippen LogP contribution < -0.4 is 5.32 Å². The summed E-state index contributed by atoms with van der Waals surface area (Å²) in [5.41, 5.74) is 4.10. The number of anilines is 1. The van der Waals surface area contributed by atoms with Crippen molar-refractivity contribution in [2.24, 2.45) is 5.92 Å². The third-order valence-corrected chi connectivity index (χ3v) is 6.96. The van der Waals surface area contributed by atoms with Crippen molar-refractivity contribution in [1.82, 2.24) is 19.6 Å². The fourth-order valence-corrected chi connectivity index (χ4v) is 5.31. The third-order valence-electron chi connectivity index (χ3n) is 6.71. The van der Waals surface area contributed by atoms with E-state index in [0.29, 0.717) is 29.5 Å². The highest BCUT2D eigenvalue weighted by Crippen LogP contribution is 2.43. The van der Waals surface area contributed by atoms with E-state index in [1.165, 1.54) is 0 Å². The van der Waals surface area contributed by atoms with Crippen LogP contribution in [0, 0.1) is 12.8 Å². The molecule has 1 saturated heterocycles. The number of hydrogen-bond acceptors (Lipinski definition) is 3. The number of nitrogens with one attached hydrogen (secondary N) is 1. The maximum atomic E-state index is 13.8. The monoisotopic (exact) mass is 477 g/mol. The topological polar surface area (TPSA) is 70.5 Å². The number of aromatic nitrogens is 2. The van der Waals surface area contributed by atoms with Gasteiger partial charge in [0.1, 0.15) is 5.69 Å². The molecule has 2 aromatic carbocycles. The first-order valence-corrected chi connectivity index (χ1v) is 12.0. The Labute approximate surface area is 204 Å². The predicted octanol–water partition coefficient (Wildman–Crippen LogP) is 5.29. The van der Waals surface area contributed by atoms with Crippen molar-refractivity contribution in [3.05, 3.63) is 76.6 Å². The number of carbonyl (C=O) groups excluding carboxylic acids is 2. The Kier molecular flexibility index (Phi) is 5.81. The zero-order valence-electron chi connectivity index (χ0n) is 19.5. The SMILES string of the molecule is Cc1nn(-c2ccccc2)c2c1C(C(C)C)N(C1CCN(C(=O)Nc3ccc(Cl)cc3)C1)C2=O.